The van der Waals surface area contributed by atoms with E-state index in [2.05, 4.69) is 15.9 Å². The molecule has 1 amide bonds. The Balaban J connectivity index is 1.37. The molecule has 8 nitrogen and oxygen atoms in total. The third-order valence-corrected chi connectivity index (χ3v) is 9.44. The molecule has 1 saturated heterocycles. The maximum Gasteiger partial charge on any atom is 0.269 e. The molecule has 0 radical (unpaired) electrons. The van der Waals surface area contributed by atoms with E-state index in [1.807, 2.05) is 23.1 Å². The van der Waals surface area contributed by atoms with E-state index in [0.29, 0.717) is 22.4 Å². The molecule has 10 heteroatoms. The molecule has 2 aromatic carbocycles. The summed E-state index contributed by atoms with van der Waals surface area (Å²) in [5, 5.41) is 11.8. The lowest BCUT2D eigenvalue weighted by molar-refractivity contribution is -0.384. The zero-order valence-electron chi connectivity index (χ0n) is 22.6. The number of carbonyl (C=O) groups is 1. The molecule has 0 spiro atoms. The van der Waals surface area contributed by atoms with Gasteiger partial charge in [-0.15, -0.1) is 0 Å². The van der Waals surface area contributed by atoms with E-state index in [-0.39, 0.29) is 24.2 Å². The maximum absolute atomic E-state index is 13.8. The summed E-state index contributed by atoms with van der Waals surface area (Å²) < 4.78 is 12.4. The number of methoxy groups -OCH3 is 1. The highest BCUT2D eigenvalue weighted by Crippen LogP contribution is 2.41. The number of nitro benzene ring substituents is 1. The maximum atomic E-state index is 13.8. The zero-order valence-corrected chi connectivity index (χ0v) is 25.0. The summed E-state index contributed by atoms with van der Waals surface area (Å²) in [4.78, 5) is 32.0. The van der Waals surface area contributed by atoms with Crippen LogP contribution >= 0.6 is 27.7 Å². The van der Waals surface area contributed by atoms with Crippen LogP contribution in [0.2, 0.25) is 0 Å². The van der Waals surface area contributed by atoms with Gasteiger partial charge in [0.25, 0.3) is 11.6 Å². The number of amides is 1. The molecule has 1 heterocycles. The molecule has 2 saturated carbocycles. The van der Waals surface area contributed by atoms with Crippen LogP contribution < -0.4 is 9.47 Å². The van der Waals surface area contributed by atoms with Crippen LogP contribution in [-0.2, 0) is 11.4 Å². The van der Waals surface area contributed by atoms with Gasteiger partial charge in [0, 0.05) is 22.6 Å². The van der Waals surface area contributed by atoms with Gasteiger partial charge in [-0.3, -0.25) is 24.8 Å². The number of rotatable bonds is 8. The fourth-order valence-corrected chi connectivity index (χ4v) is 7.09. The van der Waals surface area contributed by atoms with Crippen molar-refractivity contribution >= 4 is 50.5 Å². The third kappa shape index (κ3) is 6.71. The first-order valence-electron chi connectivity index (χ1n) is 14.0. The van der Waals surface area contributed by atoms with Gasteiger partial charge in [-0.1, -0.05) is 54.5 Å². The van der Waals surface area contributed by atoms with Crippen molar-refractivity contribution < 1.29 is 19.2 Å². The van der Waals surface area contributed by atoms with Crippen LogP contribution in [0.1, 0.15) is 75.3 Å². The number of nitrogens with zero attached hydrogens (tertiary/aromatic N) is 3. The van der Waals surface area contributed by atoms with Crippen LogP contribution in [-0.4, -0.2) is 40.1 Å². The standard InChI is InChI=1S/C30H34BrN3O5S/c1-38-26-16-21(25(31)18-27(26)39-19-20-12-14-24(15-13-20)34(36)37)17-28-29(35)33(23-10-6-3-7-11-23)30(40-28)32-22-8-4-2-5-9-22/h12-18,22-23H,2-11,19H2,1H3. The minimum absolute atomic E-state index is 0.0368. The normalized spacial score (nSPS) is 20.9. The van der Waals surface area contributed by atoms with E-state index in [9.17, 15) is 14.9 Å². The monoisotopic (exact) mass is 627 g/mol. The first-order chi connectivity index (χ1) is 19.4. The minimum atomic E-state index is -0.426. The number of halogens is 1. The number of ether oxygens (including phenoxy) is 2. The van der Waals surface area contributed by atoms with Crippen molar-refractivity contribution in [3.63, 3.8) is 0 Å². The van der Waals surface area contributed by atoms with Crippen molar-refractivity contribution in [1.29, 1.82) is 0 Å². The van der Waals surface area contributed by atoms with Gasteiger partial charge in [0.2, 0.25) is 0 Å². The number of carbonyl (C=O) groups excluding carboxylic acids is 1. The quantitative estimate of drug-likeness (QED) is 0.168. The Labute approximate surface area is 247 Å². The Bertz CT molecular complexity index is 1300. The molecule has 0 N–H and O–H groups in total. The van der Waals surface area contributed by atoms with Gasteiger partial charge in [0.15, 0.2) is 16.7 Å². The van der Waals surface area contributed by atoms with Gasteiger partial charge < -0.3 is 9.47 Å². The summed E-state index contributed by atoms with van der Waals surface area (Å²) >= 11 is 5.15. The predicted octanol–water partition coefficient (Wildman–Crippen LogP) is 7.88. The van der Waals surface area contributed by atoms with Crippen LogP contribution in [0.3, 0.4) is 0 Å². The van der Waals surface area contributed by atoms with Crippen LogP contribution in [0.4, 0.5) is 5.69 Å². The first kappa shape index (κ1) is 28.7. The lowest BCUT2D eigenvalue weighted by Gasteiger charge is -2.31. The lowest BCUT2D eigenvalue weighted by Crippen LogP contribution is -2.41. The molecular formula is C30H34BrN3O5S. The average molecular weight is 629 g/mol. The van der Waals surface area contributed by atoms with Crippen molar-refractivity contribution in [3.8, 4) is 11.5 Å². The average Bonchev–Trinajstić information content (AvgIpc) is 3.28. The molecule has 2 aliphatic carbocycles. The van der Waals surface area contributed by atoms with Crippen molar-refractivity contribution in [2.75, 3.05) is 7.11 Å². The van der Waals surface area contributed by atoms with Crippen molar-refractivity contribution in [2.24, 2.45) is 4.99 Å². The highest BCUT2D eigenvalue weighted by molar-refractivity contribution is 9.10. The zero-order chi connectivity index (χ0) is 28.1. The second-order valence-electron chi connectivity index (χ2n) is 10.5. The van der Waals surface area contributed by atoms with Gasteiger partial charge in [-0.25, -0.2) is 0 Å². The number of thioether (sulfide) groups is 1. The molecule has 3 fully saturated rings. The number of benzene rings is 2. The number of nitro groups is 1. The van der Waals surface area contributed by atoms with E-state index in [1.54, 1.807) is 19.2 Å². The number of amidine groups is 1. The van der Waals surface area contributed by atoms with Gasteiger partial charge in [0.05, 0.1) is 23.0 Å². The van der Waals surface area contributed by atoms with Gasteiger partial charge in [-0.2, -0.15) is 0 Å². The van der Waals surface area contributed by atoms with Crippen molar-refractivity contribution in [2.45, 2.75) is 82.9 Å². The summed E-state index contributed by atoms with van der Waals surface area (Å²) in [5.41, 5.74) is 1.66. The third-order valence-electron chi connectivity index (χ3n) is 7.76. The smallest absolute Gasteiger partial charge is 0.269 e. The lowest BCUT2D eigenvalue weighted by atomic mass is 9.94. The topological polar surface area (TPSA) is 94.3 Å². The highest BCUT2D eigenvalue weighted by Gasteiger charge is 2.39. The molecule has 40 heavy (non-hydrogen) atoms. The Kier molecular flexibility index (Phi) is 9.47. The summed E-state index contributed by atoms with van der Waals surface area (Å²) in [6.45, 7) is 0.229. The Morgan fingerprint density at radius 1 is 1.05 bits per heavy atom. The van der Waals surface area contributed by atoms with Gasteiger partial charge in [0.1, 0.15) is 6.61 Å². The van der Waals surface area contributed by atoms with E-state index < -0.39 is 4.92 Å². The summed E-state index contributed by atoms with van der Waals surface area (Å²) in [7, 11) is 1.58. The Hall–Kier alpha value is -2.85. The predicted molar refractivity (Wildman–Crippen MR) is 162 cm³/mol. The molecule has 5 rings (SSSR count). The summed E-state index contributed by atoms with van der Waals surface area (Å²) in [6.07, 6.45) is 13.4. The van der Waals surface area contributed by atoms with Crippen LogP contribution in [0, 0.1) is 10.1 Å². The largest absolute Gasteiger partial charge is 0.493 e. The molecule has 0 bridgehead atoms. The van der Waals surface area contributed by atoms with Crippen LogP contribution in [0.25, 0.3) is 6.08 Å². The summed E-state index contributed by atoms with van der Waals surface area (Å²) in [6, 6.07) is 10.5. The SMILES string of the molecule is COc1cc(C=C2SC(=NC3CCCCC3)N(C3CCCCC3)C2=O)c(Br)cc1OCc1ccc([N+](=O)[O-])cc1. The molecule has 0 aromatic heterocycles. The highest BCUT2D eigenvalue weighted by atomic mass is 79.9. The minimum Gasteiger partial charge on any atom is -0.493 e. The van der Waals surface area contributed by atoms with E-state index >= 15 is 0 Å². The summed E-state index contributed by atoms with van der Waals surface area (Å²) in [5.74, 6) is 1.10. The fraction of sp³-hybridized carbons (Fsp3) is 0.467. The fourth-order valence-electron chi connectivity index (χ4n) is 5.55. The van der Waals surface area contributed by atoms with Crippen molar-refractivity contribution in [3.05, 3.63) is 67.0 Å². The van der Waals surface area contributed by atoms with Gasteiger partial charge in [-0.05, 0) is 78.9 Å². The second-order valence-corrected chi connectivity index (χ2v) is 12.4. The molecule has 2 aromatic rings. The van der Waals surface area contributed by atoms with E-state index in [4.69, 9.17) is 14.5 Å². The molecule has 0 atom stereocenters. The van der Waals surface area contributed by atoms with Crippen LogP contribution in [0.15, 0.2) is 50.8 Å². The number of hydrogen-bond donors (Lipinski definition) is 0. The second kappa shape index (κ2) is 13.2. The van der Waals surface area contributed by atoms with E-state index in [0.717, 1.165) is 59.3 Å². The number of hydrogen-bond acceptors (Lipinski definition) is 7. The first-order valence-corrected chi connectivity index (χ1v) is 15.6. The van der Waals surface area contributed by atoms with Crippen molar-refractivity contribution in [1.82, 2.24) is 4.90 Å². The molecule has 1 aliphatic heterocycles. The van der Waals surface area contributed by atoms with E-state index in [1.165, 1.54) is 49.6 Å². The Morgan fingerprint density at radius 3 is 2.38 bits per heavy atom. The molecule has 3 aliphatic rings. The molecular weight excluding hydrogens is 594 g/mol. The van der Waals surface area contributed by atoms with Gasteiger partial charge >= 0.3 is 0 Å². The molecule has 0 unspecified atom stereocenters. The number of aliphatic imine (C=N–C) groups is 1. The number of non-ortho nitro benzene ring substituents is 1. The molecule has 212 valence electrons. The van der Waals surface area contributed by atoms with Crippen LogP contribution in [0.5, 0.6) is 11.5 Å². The Morgan fingerprint density at radius 2 is 1.73 bits per heavy atom.